The minimum atomic E-state index is -1.43. The van der Waals surface area contributed by atoms with E-state index in [9.17, 15) is 19.2 Å². The molecule has 10 nitrogen and oxygen atoms in total. The molecule has 4 rings (SSSR count). The fourth-order valence-electron chi connectivity index (χ4n) is 5.50. The lowest BCUT2D eigenvalue weighted by molar-refractivity contribution is -0.150. The average Bonchev–Trinajstić information content (AvgIpc) is 3.00. The highest BCUT2D eigenvalue weighted by atomic mass is 16.5. The summed E-state index contributed by atoms with van der Waals surface area (Å²) in [5.74, 6) is -3.40. The van der Waals surface area contributed by atoms with Gasteiger partial charge in [-0.2, -0.15) is 0 Å². The molecule has 0 spiro atoms. The van der Waals surface area contributed by atoms with E-state index >= 15 is 0 Å². The molecule has 1 aliphatic heterocycles. The van der Waals surface area contributed by atoms with Crippen LogP contribution in [0.4, 0.5) is 0 Å². The summed E-state index contributed by atoms with van der Waals surface area (Å²) in [6.07, 6.45) is 4.53. The van der Waals surface area contributed by atoms with Gasteiger partial charge in [0.15, 0.2) is 6.04 Å². The zero-order valence-corrected chi connectivity index (χ0v) is 23.2. The number of benzene rings is 2. The molecule has 1 aliphatic carbocycles. The summed E-state index contributed by atoms with van der Waals surface area (Å²) in [7, 11) is 4.75. The molecule has 1 saturated carbocycles. The monoisotopic (exact) mass is 550 g/mol. The lowest BCUT2D eigenvalue weighted by Crippen LogP contribution is -2.52. The van der Waals surface area contributed by atoms with Gasteiger partial charge in [0.25, 0.3) is 0 Å². The van der Waals surface area contributed by atoms with Crippen LogP contribution in [-0.2, 0) is 44.7 Å². The van der Waals surface area contributed by atoms with Crippen LogP contribution in [0.5, 0.6) is 0 Å². The molecule has 0 saturated heterocycles. The van der Waals surface area contributed by atoms with Crippen molar-refractivity contribution in [3.05, 3.63) is 70.6 Å². The van der Waals surface area contributed by atoms with Crippen LogP contribution >= 0.6 is 0 Å². The van der Waals surface area contributed by atoms with Gasteiger partial charge in [0.05, 0.1) is 39.7 Å². The van der Waals surface area contributed by atoms with Gasteiger partial charge in [0.1, 0.15) is 11.3 Å². The van der Waals surface area contributed by atoms with Crippen molar-refractivity contribution in [3.63, 3.8) is 0 Å². The molecule has 0 aromatic heterocycles. The molecule has 0 radical (unpaired) electrons. The van der Waals surface area contributed by atoms with E-state index in [1.54, 1.807) is 0 Å². The predicted octanol–water partition coefficient (Wildman–Crippen LogP) is 3.15. The van der Waals surface area contributed by atoms with E-state index in [0.717, 1.165) is 48.4 Å². The summed E-state index contributed by atoms with van der Waals surface area (Å²) in [4.78, 5) is 55.1. The Hall–Kier alpha value is -4.34. The summed E-state index contributed by atoms with van der Waals surface area (Å²) < 4.78 is 20.5. The van der Waals surface area contributed by atoms with Gasteiger partial charge in [0.2, 0.25) is 0 Å². The first kappa shape index (κ1) is 28.7. The number of carbonyl (C=O) groups is 4. The van der Waals surface area contributed by atoms with Crippen LogP contribution in [0.15, 0.2) is 65.0 Å². The normalized spacial score (nSPS) is 17.9. The summed E-state index contributed by atoms with van der Waals surface area (Å²) in [5.41, 5.74) is 0.179. The van der Waals surface area contributed by atoms with E-state index in [0.29, 0.717) is 0 Å². The summed E-state index contributed by atoms with van der Waals surface area (Å²) in [5, 5.41) is 5.10. The largest absolute Gasteiger partial charge is 0.467 e. The van der Waals surface area contributed by atoms with Gasteiger partial charge in [-0.3, -0.25) is 0 Å². The topological polar surface area (TPSA) is 120 Å². The first-order chi connectivity index (χ1) is 19.4. The van der Waals surface area contributed by atoms with Crippen LogP contribution in [0, 0.1) is 0 Å². The fourth-order valence-corrected chi connectivity index (χ4v) is 5.50. The van der Waals surface area contributed by atoms with Crippen LogP contribution < -0.4 is 5.32 Å². The van der Waals surface area contributed by atoms with Gasteiger partial charge >= 0.3 is 23.9 Å². The molecule has 212 valence electrons. The molecule has 1 unspecified atom stereocenters. The highest BCUT2D eigenvalue weighted by Crippen LogP contribution is 2.37. The second-order valence-corrected chi connectivity index (χ2v) is 9.66. The molecule has 0 amide bonds. The second kappa shape index (κ2) is 12.7. The number of hydrogen-bond acceptors (Lipinski definition) is 10. The van der Waals surface area contributed by atoms with E-state index < -0.39 is 29.9 Å². The maximum absolute atomic E-state index is 13.5. The quantitative estimate of drug-likeness (QED) is 0.388. The van der Waals surface area contributed by atoms with Gasteiger partial charge in [-0.05, 0) is 29.2 Å². The molecular formula is C30H34N2O8. The molecule has 10 heteroatoms. The van der Waals surface area contributed by atoms with Crippen LogP contribution in [0.25, 0.3) is 10.8 Å². The van der Waals surface area contributed by atoms with Gasteiger partial charge in [0, 0.05) is 12.6 Å². The van der Waals surface area contributed by atoms with Crippen LogP contribution in [-0.4, -0.2) is 69.3 Å². The fraction of sp³-hybridized carbons (Fsp3) is 0.400. The van der Waals surface area contributed by atoms with E-state index in [2.05, 4.69) is 5.32 Å². The number of carbonyl (C=O) groups excluding carboxylic acids is 4. The highest BCUT2D eigenvalue weighted by molar-refractivity contribution is 6.09. The molecule has 1 atom stereocenters. The Morgan fingerprint density at radius 2 is 1.45 bits per heavy atom. The maximum Gasteiger partial charge on any atom is 0.355 e. The molecule has 2 aromatic rings. The molecule has 1 N–H and O–H groups in total. The van der Waals surface area contributed by atoms with E-state index in [-0.39, 0.29) is 35.1 Å². The van der Waals surface area contributed by atoms with Gasteiger partial charge in [-0.1, -0.05) is 61.7 Å². The summed E-state index contributed by atoms with van der Waals surface area (Å²) >= 11 is 0. The summed E-state index contributed by atoms with van der Waals surface area (Å²) in [6, 6.07) is 11.7. The number of nitrogens with one attached hydrogen (secondary N) is 1. The standard InChI is InChI=1S/C30H34N2O8/c1-37-27(33)22-24(31-20-14-6-5-7-15-20)23(28(34)38-2)26(30(36)40-4)32(25(22)29(35)39-3)17-19-13-10-12-18-11-8-9-16-21(18)19/h8-13,16,20,25,31H,5-7,14-15,17H2,1-4H3. The first-order valence-corrected chi connectivity index (χ1v) is 13.2. The molecule has 0 bridgehead atoms. The minimum Gasteiger partial charge on any atom is -0.467 e. The Balaban J connectivity index is 2.02. The van der Waals surface area contributed by atoms with Gasteiger partial charge in [-0.15, -0.1) is 0 Å². The van der Waals surface area contributed by atoms with Crippen molar-refractivity contribution in [2.75, 3.05) is 28.4 Å². The van der Waals surface area contributed by atoms with Crippen molar-refractivity contribution in [2.45, 2.75) is 50.7 Å². The lowest BCUT2D eigenvalue weighted by Gasteiger charge is -2.40. The van der Waals surface area contributed by atoms with Crippen molar-refractivity contribution in [1.29, 1.82) is 0 Å². The second-order valence-electron chi connectivity index (χ2n) is 9.66. The van der Waals surface area contributed by atoms with Gasteiger partial charge in [-0.25, -0.2) is 19.2 Å². The van der Waals surface area contributed by atoms with Crippen molar-refractivity contribution < 1.29 is 38.1 Å². The number of nitrogens with zero attached hydrogens (tertiary/aromatic N) is 1. The van der Waals surface area contributed by atoms with Gasteiger partial charge < -0.3 is 29.2 Å². The van der Waals surface area contributed by atoms with Crippen molar-refractivity contribution in [3.8, 4) is 0 Å². The predicted molar refractivity (Wildman–Crippen MR) is 145 cm³/mol. The zero-order valence-electron chi connectivity index (χ0n) is 23.2. The highest BCUT2D eigenvalue weighted by Gasteiger charge is 2.48. The number of hydrogen-bond donors (Lipinski definition) is 1. The number of rotatable bonds is 8. The molecule has 2 aromatic carbocycles. The third kappa shape index (κ3) is 5.52. The number of fused-ring (bicyclic) bond motifs is 1. The molecule has 1 fully saturated rings. The third-order valence-corrected chi connectivity index (χ3v) is 7.40. The number of ether oxygens (including phenoxy) is 4. The number of esters is 4. The van der Waals surface area contributed by atoms with Crippen LogP contribution in [0.2, 0.25) is 0 Å². The third-order valence-electron chi connectivity index (χ3n) is 7.40. The Labute approximate surface area is 232 Å². The SMILES string of the molecule is COC(=O)C1=C(C(=O)OC)N(Cc2cccc3ccccc23)C(C(=O)OC)C(C(=O)OC)=C1NC1CCCCC1. The van der Waals surface area contributed by atoms with E-state index in [1.807, 2.05) is 42.5 Å². The Bertz CT molecular complexity index is 1370. The van der Waals surface area contributed by atoms with Crippen molar-refractivity contribution in [1.82, 2.24) is 10.2 Å². The maximum atomic E-state index is 13.5. The van der Waals surface area contributed by atoms with E-state index in [4.69, 9.17) is 18.9 Å². The van der Waals surface area contributed by atoms with Crippen LogP contribution in [0.3, 0.4) is 0 Å². The van der Waals surface area contributed by atoms with E-state index in [1.165, 1.54) is 33.3 Å². The minimum absolute atomic E-state index is 0.00979. The lowest BCUT2D eigenvalue weighted by atomic mass is 9.88. The average molecular weight is 551 g/mol. The smallest absolute Gasteiger partial charge is 0.355 e. The van der Waals surface area contributed by atoms with Crippen molar-refractivity contribution in [2.24, 2.45) is 0 Å². The molecular weight excluding hydrogens is 516 g/mol. The Morgan fingerprint density at radius 3 is 2.10 bits per heavy atom. The first-order valence-electron chi connectivity index (χ1n) is 13.2. The molecule has 1 heterocycles. The zero-order chi connectivity index (χ0) is 28.8. The Kier molecular flexibility index (Phi) is 9.08. The van der Waals surface area contributed by atoms with Crippen molar-refractivity contribution >= 4 is 34.6 Å². The molecule has 2 aliphatic rings. The van der Waals surface area contributed by atoms with Crippen LogP contribution in [0.1, 0.15) is 37.7 Å². The summed E-state index contributed by atoms with van der Waals surface area (Å²) in [6.45, 7) is -0.0384. The number of methoxy groups -OCH3 is 4. The molecule has 40 heavy (non-hydrogen) atoms. The Morgan fingerprint density at radius 1 is 0.800 bits per heavy atom.